The largest absolute Gasteiger partial charge is 0.420 e. The summed E-state index contributed by atoms with van der Waals surface area (Å²) in [5, 5.41) is 15.3. The molecule has 0 amide bonds. The Kier molecular flexibility index (Phi) is 4.66. The number of hydrogen-bond donors (Lipinski definition) is 1. The molecular formula is C16H17N5O3S. The van der Waals surface area contributed by atoms with Crippen LogP contribution in [0.5, 0.6) is 0 Å². The van der Waals surface area contributed by atoms with Crippen LogP contribution in [0.1, 0.15) is 18.7 Å². The molecule has 1 aliphatic heterocycles. The Hall–Kier alpha value is -2.39. The molecule has 8 nitrogen and oxygen atoms in total. The summed E-state index contributed by atoms with van der Waals surface area (Å²) in [5.41, 5.74) is 0.648. The highest BCUT2D eigenvalue weighted by Gasteiger charge is 2.20. The highest BCUT2D eigenvalue weighted by Crippen LogP contribution is 2.23. The molecule has 2 aromatic heterocycles. The summed E-state index contributed by atoms with van der Waals surface area (Å²) in [5.74, 6) is 1.41. The number of ether oxygens (including phenoxy) is 1. The number of hydrogen-bond acceptors (Lipinski definition) is 7. The summed E-state index contributed by atoms with van der Waals surface area (Å²) in [4.78, 5) is 12.0. The summed E-state index contributed by atoms with van der Waals surface area (Å²) in [6, 6.07) is 9.60. The van der Waals surface area contributed by atoms with Gasteiger partial charge in [0.1, 0.15) is 0 Å². The van der Waals surface area contributed by atoms with Gasteiger partial charge in [-0.1, -0.05) is 30.0 Å². The molecule has 130 valence electrons. The molecule has 25 heavy (non-hydrogen) atoms. The standard InChI is InChI=1S/C16H17N5O3S/c22-15-19-20-16(21(15)9-12-7-4-8-23-12)25-10-13-17-18-14(24-13)11-5-2-1-3-6-11/h1-3,5-6,12H,4,7-10H2,(H,19,22). The zero-order valence-electron chi connectivity index (χ0n) is 13.4. The molecule has 1 saturated heterocycles. The minimum Gasteiger partial charge on any atom is -0.420 e. The van der Waals surface area contributed by atoms with Crippen molar-refractivity contribution in [2.75, 3.05) is 6.61 Å². The highest BCUT2D eigenvalue weighted by atomic mass is 32.2. The number of benzene rings is 1. The molecule has 0 aliphatic carbocycles. The van der Waals surface area contributed by atoms with Crippen molar-refractivity contribution in [3.05, 3.63) is 46.7 Å². The molecule has 4 rings (SSSR count). The zero-order valence-corrected chi connectivity index (χ0v) is 14.2. The highest BCUT2D eigenvalue weighted by molar-refractivity contribution is 7.98. The van der Waals surface area contributed by atoms with E-state index in [4.69, 9.17) is 9.15 Å². The van der Waals surface area contributed by atoms with Crippen molar-refractivity contribution in [3.63, 3.8) is 0 Å². The fraction of sp³-hybridized carbons (Fsp3) is 0.375. The second kappa shape index (κ2) is 7.24. The Labute approximate surface area is 147 Å². The number of thioether (sulfide) groups is 1. The summed E-state index contributed by atoms with van der Waals surface area (Å²) < 4.78 is 12.9. The summed E-state index contributed by atoms with van der Waals surface area (Å²) in [6.45, 7) is 1.26. The smallest absolute Gasteiger partial charge is 0.344 e. The van der Waals surface area contributed by atoms with Gasteiger partial charge in [0.2, 0.25) is 11.8 Å². The molecule has 1 aliphatic rings. The van der Waals surface area contributed by atoms with E-state index in [-0.39, 0.29) is 11.8 Å². The van der Waals surface area contributed by atoms with Crippen LogP contribution in [-0.2, 0) is 17.0 Å². The Bertz CT molecular complexity index is 883. The topological polar surface area (TPSA) is 98.8 Å². The van der Waals surface area contributed by atoms with E-state index in [1.165, 1.54) is 11.8 Å². The average Bonchev–Trinajstić information content (AvgIpc) is 3.38. The lowest BCUT2D eigenvalue weighted by Crippen LogP contribution is -2.24. The molecule has 1 N–H and O–H groups in total. The van der Waals surface area contributed by atoms with E-state index in [0.717, 1.165) is 25.0 Å². The third-order valence-corrected chi connectivity index (χ3v) is 4.91. The van der Waals surface area contributed by atoms with Gasteiger partial charge in [-0.2, -0.15) is 0 Å². The molecule has 0 bridgehead atoms. The second-order valence-corrected chi connectivity index (χ2v) is 6.66. The number of nitrogens with one attached hydrogen (secondary N) is 1. The lowest BCUT2D eigenvalue weighted by molar-refractivity contribution is 0.0941. The van der Waals surface area contributed by atoms with Gasteiger partial charge < -0.3 is 9.15 Å². The maximum atomic E-state index is 12.0. The maximum Gasteiger partial charge on any atom is 0.344 e. The molecule has 1 unspecified atom stereocenters. The molecule has 1 atom stereocenters. The van der Waals surface area contributed by atoms with Crippen molar-refractivity contribution < 1.29 is 9.15 Å². The van der Waals surface area contributed by atoms with Gasteiger partial charge in [0.05, 0.1) is 18.4 Å². The molecule has 0 spiro atoms. The van der Waals surface area contributed by atoms with E-state index in [0.29, 0.717) is 29.2 Å². The predicted octanol–water partition coefficient (Wildman–Crippen LogP) is 2.09. The van der Waals surface area contributed by atoms with Crippen LogP contribution in [0, 0.1) is 0 Å². The summed E-state index contributed by atoms with van der Waals surface area (Å²) in [6.07, 6.45) is 2.07. The first-order valence-electron chi connectivity index (χ1n) is 8.07. The Morgan fingerprint density at radius 2 is 2.16 bits per heavy atom. The fourth-order valence-electron chi connectivity index (χ4n) is 2.70. The van der Waals surface area contributed by atoms with Gasteiger partial charge in [0.15, 0.2) is 5.16 Å². The van der Waals surface area contributed by atoms with Crippen LogP contribution < -0.4 is 5.69 Å². The zero-order chi connectivity index (χ0) is 17.1. The van der Waals surface area contributed by atoms with Gasteiger partial charge in [-0.3, -0.25) is 4.57 Å². The number of aromatic nitrogens is 5. The van der Waals surface area contributed by atoms with Gasteiger partial charge in [-0.25, -0.2) is 9.89 Å². The first-order valence-corrected chi connectivity index (χ1v) is 9.05. The molecule has 3 aromatic rings. The van der Waals surface area contributed by atoms with Gasteiger partial charge in [-0.05, 0) is 25.0 Å². The molecule has 0 saturated carbocycles. The normalized spacial score (nSPS) is 17.2. The van der Waals surface area contributed by atoms with Crippen molar-refractivity contribution in [1.82, 2.24) is 25.0 Å². The third-order valence-electron chi connectivity index (χ3n) is 3.95. The van der Waals surface area contributed by atoms with Gasteiger partial charge in [0.25, 0.3) is 0 Å². The number of aromatic amines is 1. The van der Waals surface area contributed by atoms with Crippen LogP contribution in [0.25, 0.3) is 11.5 Å². The number of H-pyrrole nitrogens is 1. The first-order chi connectivity index (χ1) is 12.3. The van der Waals surface area contributed by atoms with E-state index < -0.39 is 0 Å². The molecule has 3 heterocycles. The van der Waals surface area contributed by atoms with Gasteiger partial charge >= 0.3 is 5.69 Å². The minimum absolute atomic E-state index is 0.0720. The molecule has 1 aromatic carbocycles. The van der Waals surface area contributed by atoms with Crippen molar-refractivity contribution in [1.29, 1.82) is 0 Å². The molecular weight excluding hydrogens is 342 g/mol. The SMILES string of the molecule is O=c1[nH]nc(SCc2nnc(-c3ccccc3)o2)n1CC1CCCO1. The van der Waals surface area contributed by atoms with Crippen LogP contribution in [0.15, 0.2) is 44.7 Å². The van der Waals surface area contributed by atoms with Crippen LogP contribution >= 0.6 is 11.8 Å². The van der Waals surface area contributed by atoms with Gasteiger partial charge in [0, 0.05) is 12.2 Å². The van der Waals surface area contributed by atoms with E-state index >= 15 is 0 Å². The van der Waals surface area contributed by atoms with E-state index in [1.807, 2.05) is 30.3 Å². The molecule has 1 fully saturated rings. The quantitative estimate of drug-likeness (QED) is 0.673. The van der Waals surface area contributed by atoms with Crippen LogP contribution in [0.4, 0.5) is 0 Å². The van der Waals surface area contributed by atoms with Crippen molar-refractivity contribution in [2.24, 2.45) is 0 Å². The second-order valence-electron chi connectivity index (χ2n) is 5.71. The third kappa shape index (κ3) is 3.67. The lowest BCUT2D eigenvalue weighted by atomic mass is 10.2. The predicted molar refractivity (Wildman–Crippen MR) is 91.1 cm³/mol. The molecule has 9 heteroatoms. The Morgan fingerprint density at radius 3 is 2.96 bits per heavy atom. The van der Waals surface area contributed by atoms with Crippen LogP contribution in [-0.4, -0.2) is 37.7 Å². The number of rotatable bonds is 6. The monoisotopic (exact) mass is 359 g/mol. The van der Waals surface area contributed by atoms with Crippen molar-refractivity contribution >= 4 is 11.8 Å². The maximum absolute atomic E-state index is 12.0. The first kappa shape index (κ1) is 16.1. The lowest BCUT2D eigenvalue weighted by Gasteiger charge is -2.10. The Morgan fingerprint density at radius 1 is 1.28 bits per heavy atom. The van der Waals surface area contributed by atoms with Crippen LogP contribution in [0.2, 0.25) is 0 Å². The van der Waals surface area contributed by atoms with Crippen molar-refractivity contribution in [3.8, 4) is 11.5 Å². The average molecular weight is 359 g/mol. The number of nitrogens with zero attached hydrogens (tertiary/aromatic N) is 4. The minimum atomic E-state index is -0.228. The van der Waals surface area contributed by atoms with Gasteiger partial charge in [-0.15, -0.1) is 15.3 Å². The van der Waals surface area contributed by atoms with Crippen LogP contribution in [0.3, 0.4) is 0 Å². The summed E-state index contributed by atoms with van der Waals surface area (Å²) in [7, 11) is 0. The van der Waals surface area contributed by atoms with E-state index in [2.05, 4.69) is 20.4 Å². The van der Waals surface area contributed by atoms with Crippen molar-refractivity contribution in [2.45, 2.75) is 36.4 Å². The van der Waals surface area contributed by atoms with E-state index in [1.54, 1.807) is 4.57 Å². The van der Waals surface area contributed by atoms with E-state index in [9.17, 15) is 4.79 Å². The summed E-state index contributed by atoms with van der Waals surface area (Å²) >= 11 is 1.38. The fourth-order valence-corrected chi connectivity index (χ4v) is 3.49. The Balaban J connectivity index is 1.43. The molecule has 0 radical (unpaired) electrons.